The zero-order valence-electron chi connectivity index (χ0n) is 26.5. The number of fused-ring (bicyclic) bond motifs is 1. The molecule has 0 spiro atoms. The van der Waals surface area contributed by atoms with E-state index in [-0.39, 0.29) is 5.41 Å². The molecule has 10 nitrogen and oxygen atoms in total. The van der Waals surface area contributed by atoms with Crippen molar-refractivity contribution in [2.45, 2.75) is 26.2 Å². The van der Waals surface area contributed by atoms with Gasteiger partial charge in [0.15, 0.2) is 11.5 Å². The number of carbonyl (C=O) groups is 1. The molecular weight excluding hydrogens is 616 g/mol. The molecule has 2 N–H and O–H groups in total. The summed E-state index contributed by atoms with van der Waals surface area (Å²) >= 11 is 6.47. The van der Waals surface area contributed by atoms with Crippen molar-refractivity contribution < 1.29 is 19.0 Å². The van der Waals surface area contributed by atoms with E-state index < -0.39 is 6.03 Å². The number of hydrogen-bond donors (Lipinski definition) is 2. The second-order valence-electron chi connectivity index (χ2n) is 11.7. The minimum atomic E-state index is -0.409. The SMILES string of the molecule is COc1cc2ncnc(Oc3cccc(-c4ccc(NC(=O)Nc5cc(C(C)(C)C)nn5-c5ccccc5Cl)cc4)c3)c2cc1OC. The van der Waals surface area contributed by atoms with E-state index in [1.54, 1.807) is 37.1 Å². The van der Waals surface area contributed by atoms with Crippen LogP contribution in [0, 0.1) is 0 Å². The van der Waals surface area contributed by atoms with Gasteiger partial charge in [0, 0.05) is 23.2 Å². The van der Waals surface area contributed by atoms with Gasteiger partial charge in [0.05, 0.1) is 41.5 Å². The normalized spacial score (nSPS) is 11.3. The minimum absolute atomic E-state index is 0.234. The average molecular weight is 649 g/mol. The Balaban J connectivity index is 1.18. The van der Waals surface area contributed by atoms with Crippen molar-refractivity contribution in [2.24, 2.45) is 0 Å². The van der Waals surface area contributed by atoms with E-state index in [1.807, 2.05) is 72.8 Å². The molecule has 0 aliphatic carbocycles. The molecule has 4 aromatic carbocycles. The van der Waals surface area contributed by atoms with Crippen LogP contribution in [0.3, 0.4) is 0 Å². The largest absolute Gasteiger partial charge is 0.493 e. The van der Waals surface area contributed by atoms with E-state index >= 15 is 0 Å². The van der Waals surface area contributed by atoms with Gasteiger partial charge in [0.25, 0.3) is 0 Å². The number of halogens is 1. The number of ether oxygens (including phenoxy) is 3. The number of nitrogens with zero attached hydrogens (tertiary/aromatic N) is 4. The van der Waals surface area contributed by atoms with E-state index in [2.05, 4.69) is 41.4 Å². The van der Waals surface area contributed by atoms with E-state index in [0.29, 0.717) is 56.2 Å². The maximum absolute atomic E-state index is 13.1. The van der Waals surface area contributed by atoms with Gasteiger partial charge in [0.2, 0.25) is 5.88 Å². The van der Waals surface area contributed by atoms with Crippen LogP contribution in [0.15, 0.2) is 97.3 Å². The highest BCUT2D eigenvalue weighted by molar-refractivity contribution is 6.32. The van der Waals surface area contributed by atoms with E-state index in [9.17, 15) is 4.79 Å². The highest BCUT2D eigenvalue weighted by atomic mass is 35.5. The molecule has 0 aliphatic heterocycles. The number of anilines is 2. The van der Waals surface area contributed by atoms with Crippen LogP contribution in [0.2, 0.25) is 5.02 Å². The zero-order valence-corrected chi connectivity index (χ0v) is 27.3. The summed E-state index contributed by atoms with van der Waals surface area (Å²) in [6, 6.07) is 27.6. The molecule has 0 unspecified atom stereocenters. The van der Waals surface area contributed by atoms with Crippen LogP contribution in [-0.2, 0) is 5.41 Å². The van der Waals surface area contributed by atoms with Crippen molar-refractivity contribution in [3.8, 4) is 39.9 Å². The molecule has 2 aromatic heterocycles. The molecule has 6 aromatic rings. The number of urea groups is 1. The maximum atomic E-state index is 13.1. The van der Waals surface area contributed by atoms with Crippen molar-refractivity contribution in [1.29, 1.82) is 0 Å². The first-order chi connectivity index (χ1) is 22.6. The van der Waals surface area contributed by atoms with Crippen molar-refractivity contribution in [1.82, 2.24) is 19.7 Å². The summed E-state index contributed by atoms with van der Waals surface area (Å²) in [5.41, 5.74) is 4.40. The maximum Gasteiger partial charge on any atom is 0.324 e. The Hall–Kier alpha value is -5.61. The molecule has 0 saturated heterocycles. The van der Waals surface area contributed by atoms with Gasteiger partial charge in [-0.25, -0.2) is 19.4 Å². The Kier molecular flexibility index (Phi) is 8.69. The number of carbonyl (C=O) groups excluding carboxylic acids is 1. The third-order valence-electron chi connectivity index (χ3n) is 7.43. The lowest BCUT2D eigenvalue weighted by Gasteiger charge is -2.14. The van der Waals surface area contributed by atoms with Crippen LogP contribution in [0.25, 0.3) is 27.7 Å². The van der Waals surface area contributed by atoms with Crippen LogP contribution in [0.4, 0.5) is 16.3 Å². The molecule has 2 amide bonds. The molecule has 6 rings (SSSR count). The summed E-state index contributed by atoms with van der Waals surface area (Å²) in [5, 5.41) is 11.8. The van der Waals surface area contributed by atoms with Gasteiger partial charge < -0.3 is 19.5 Å². The highest BCUT2D eigenvalue weighted by Crippen LogP contribution is 2.36. The first-order valence-electron chi connectivity index (χ1n) is 14.8. The van der Waals surface area contributed by atoms with Crippen molar-refractivity contribution >= 4 is 40.0 Å². The van der Waals surface area contributed by atoms with E-state index in [4.69, 9.17) is 30.9 Å². The lowest BCUT2D eigenvalue weighted by Crippen LogP contribution is -2.21. The number of para-hydroxylation sites is 1. The number of nitrogens with one attached hydrogen (secondary N) is 2. The van der Waals surface area contributed by atoms with Crippen molar-refractivity contribution in [3.05, 3.63) is 108 Å². The molecule has 0 atom stereocenters. The number of methoxy groups -OCH3 is 2. The molecule has 0 fully saturated rings. The van der Waals surface area contributed by atoms with Gasteiger partial charge in [-0.3, -0.25) is 5.32 Å². The Bertz CT molecular complexity index is 2070. The Morgan fingerprint density at radius 2 is 1.55 bits per heavy atom. The molecule has 2 heterocycles. The first kappa shape index (κ1) is 31.4. The lowest BCUT2D eigenvalue weighted by molar-refractivity contribution is 0.262. The molecule has 11 heteroatoms. The summed E-state index contributed by atoms with van der Waals surface area (Å²) in [6.45, 7) is 6.19. The van der Waals surface area contributed by atoms with E-state index in [1.165, 1.54) is 6.33 Å². The van der Waals surface area contributed by atoms with Crippen LogP contribution >= 0.6 is 11.6 Å². The Morgan fingerprint density at radius 1 is 0.809 bits per heavy atom. The lowest BCUT2D eigenvalue weighted by atomic mass is 9.92. The van der Waals surface area contributed by atoms with E-state index in [0.717, 1.165) is 16.8 Å². The van der Waals surface area contributed by atoms with Crippen LogP contribution in [-0.4, -0.2) is 40.0 Å². The summed E-state index contributed by atoms with van der Waals surface area (Å²) in [7, 11) is 3.15. The second-order valence-corrected chi connectivity index (χ2v) is 12.1. The average Bonchev–Trinajstić information content (AvgIpc) is 3.49. The fourth-order valence-electron chi connectivity index (χ4n) is 4.96. The van der Waals surface area contributed by atoms with Crippen LogP contribution in [0.1, 0.15) is 26.5 Å². The highest BCUT2D eigenvalue weighted by Gasteiger charge is 2.22. The number of aromatic nitrogens is 4. The monoisotopic (exact) mass is 648 g/mol. The molecule has 0 radical (unpaired) electrons. The van der Waals surface area contributed by atoms with Crippen LogP contribution < -0.4 is 24.8 Å². The molecule has 0 saturated carbocycles. The number of amides is 2. The summed E-state index contributed by atoms with van der Waals surface area (Å²) in [5.74, 6) is 2.62. The molecule has 0 bridgehead atoms. The minimum Gasteiger partial charge on any atom is -0.493 e. The standard InChI is InChI=1S/C36H33ClN6O4/c1-36(2,3)32-20-33(43(42-32)29-12-7-6-11-27(29)37)41-35(44)40-24-15-13-22(14-16-24)23-9-8-10-25(17-23)47-34-26-18-30(45-4)31(46-5)19-28(26)38-21-39-34/h6-21H,1-5H3,(H2,40,41,44). The Labute approximate surface area is 277 Å². The van der Waals surface area contributed by atoms with Crippen LogP contribution in [0.5, 0.6) is 23.1 Å². The molecule has 0 aliphatic rings. The smallest absolute Gasteiger partial charge is 0.324 e. The zero-order chi connectivity index (χ0) is 33.1. The van der Waals surface area contributed by atoms with Gasteiger partial charge in [0.1, 0.15) is 17.9 Å². The topological polar surface area (TPSA) is 112 Å². The summed E-state index contributed by atoms with van der Waals surface area (Å²) in [6.07, 6.45) is 1.45. The fourth-order valence-corrected chi connectivity index (χ4v) is 5.18. The number of benzene rings is 4. The third-order valence-corrected chi connectivity index (χ3v) is 7.75. The third kappa shape index (κ3) is 6.83. The molecule has 47 heavy (non-hydrogen) atoms. The fraction of sp³-hybridized carbons (Fsp3) is 0.167. The van der Waals surface area contributed by atoms with Gasteiger partial charge in [-0.2, -0.15) is 5.10 Å². The molecule has 238 valence electrons. The number of rotatable bonds is 8. The summed E-state index contributed by atoms with van der Waals surface area (Å²) in [4.78, 5) is 21.8. The van der Waals surface area contributed by atoms with Crippen molar-refractivity contribution in [3.63, 3.8) is 0 Å². The van der Waals surface area contributed by atoms with Gasteiger partial charge in [-0.05, 0) is 53.6 Å². The second kappa shape index (κ2) is 13.0. The predicted molar refractivity (Wildman–Crippen MR) is 185 cm³/mol. The summed E-state index contributed by atoms with van der Waals surface area (Å²) < 4.78 is 18.7. The molecular formula is C36H33ClN6O4. The first-order valence-corrected chi connectivity index (χ1v) is 15.2. The van der Waals surface area contributed by atoms with Gasteiger partial charge in [-0.1, -0.05) is 68.8 Å². The quantitative estimate of drug-likeness (QED) is 0.169. The van der Waals surface area contributed by atoms with Gasteiger partial charge in [-0.15, -0.1) is 0 Å². The number of hydrogen-bond acceptors (Lipinski definition) is 7. The predicted octanol–water partition coefficient (Wildman–Crippen LogP) is 8.89. The van der Waals surface area contributed by atoms with Gasteiger partial charge >= 0.3 is 6.03 Å². The Morgan fingerprint density at radius 3 is 2.28 bits per heavy atom. The van der Waals surface area contributed by atoms with Crippen molar-refractivity contribution in [2.75, 3.05) is 24.9 Å².